The third-order valence-corrected chi connectivity index (χ3v) is 2.96. The van der Waals surface area contributed by atoms with Gasteiger partial charge in [0.05, 0.1) is 18.7 Å². The van der Waals surface area contributed by atoms with Gasteiger partial charge in [0.25, 0.3) is 0 Å². The molecule has 84 valence electrons. The van der Waals surface area contributed by atoms with Gasteiger partial charge in [-0.3, -0.25) is 0 Å². The van der Waals surface area contributed by atoms with Gasteiger partial charge < -0.3 is 14.2 Å². The topological polar surface area (TPSA) is 44.8 Å². The first kappa shape index (κ1) is 12.3. The van der Waals surface area contributed by atoms with E-state index in [1.165, 1.54) is 18.4 Å². The quantitative estimate of drug-likeness (QED) is 0.594. The van der Waals surface area contributed by atoms with Crippen molar-refractivity contribution >= 4 is 28.9 Å². The van der Waals surface area contributed by atoms with E-state index in [-0.39, 0.29) is 0 Å². The summed E-state index contributed by atoms with van der Waals surface area (Å²) in [5, 5.41) is 2.05. The van der Waals surface area contributed by atoms with E-state index in [4.69, 9.17) is 21.1 Å². The maximum atomic E-state index is 11.3. The summed E-state index contributed by atoms with van der Waals surface area (Å²) in [5.74, 6) is -0.0788. The smallest absolute Gasteiger partial charge is 0.351 e. The minimum atomic E-state index is -0.445. The van der Waals surface area contributed by atoms with E-state index >= 15 is 0 Å². The molecule has 0 bridgehead atoms. The predicted molar refractivity (Wildman–Crippen MR) is 58.0 cm³/mol. The molecule has 0 spiro atoms. The Bertz CT molecular complexity index is 337. The lowest BCUT2D eigenvalue weighted by Gasteiger charge is -2.06. The van der Waals surface area contributed by atoms with Gasteiger partial charge in [0, 0.05) is 12.5 Å². The third-order valence-electron chi connectivity index (χ3n) is 1.61. The molecule has 1 heterocycles. The highest BCUT2D eigenvalue weighted by Gasteiger charge is 2.18. The normalized spacial score (nSPS) is 10.1. The lowest BCUT2D eigenvalue weighted by atomic mass is 10.4. The van der Waals surface area contributed by atoms with Crippen LogP contribution in [0.15, 0.2) is 5.38 Å². The zero-order chi connectivity index (χ0) is 11.3. The predicted octanol–water partition coefficient (Wildman–Crippen LogP) is 2.21. The van der Waals surface area contributed by atoms with Crippen LogP contribution < -0.4 is 4.74 Å². The molecule has 0 N–H and O–H groups in total. The molecule has 0 fully saturated rings. The first-order valence-electron chi connectivity index (χ1n) is 4.17. The van der Waals surface area contributed by atoms with Crippen LogP contribution in [0.3, 0.4) is 0 Å². The molecule has 1 aromatic rings. The molecule has 0 aliphatic heterocycles. The van der Waals surface area contributed by atoms with Crippen molar-refractivity contribution in [3.63, 3.8) is 0 Å². The Morgan fingerprint density at radius 1 is 1.47 bits per heavy atom. The third kappa shape index (κ3) is 3.09. The van der Waals surface area contributed by atoms with Crippen LogP contribution in [0.5, 0.6) is 5.75 Å². The number of rotatable bonds is 5. The molecular formula is C9H11ClO4S. The van der Waals surface area contributed by atoms with Gasteiger partial charge in [-0.25, -0.2) is 4.79 Å². The van der Waals surface area contributed by atoms with Gasteiger partial charge in [-0.15, -0.1) is 11.3 Å². The Morgan fingerprint density at radius 2 is 2.20 bits per heavy atom. The molecule has 0 radical (unpaired) electrons. The summed E-state index contributed by atoms with van der Waals surface area (Å²) in [7, 11) is 2.88. The van der Waals surface area contributed by atoms with E-state index in [1.807, 2.05) is 0 Å². The molecule has 0 unspecified atom stereocenters. The highest BCUT2D eigenvalue weighted by Crippen LogP contribution is 2.35. The van der Waals surface area contributed by atoms with Gasteiger partial charge >= 0.3 is 5.97 Å². The maximum Gasteiger partial charge on any atom is 0.351 e. The molecule has 0 aliphatic carbocycles. The van der Waals surface area contributed by atoms with Gasteiger partial charge in [0.2, 0.25) is 0 Å². The molecule has 4 nitrogen and oxygen atoms in total. The van der Waals surface area contributed by atoms with Crippen LogP contribution >= 0.6 is 22.9 Å². The summed E-state index contributed by atoms with van der Waals surface area (Å²) in [6, 6.07) is 0. The van der Waals surface area contributed by atoms with Crippen LogP contribution in [0.4, 0.5) is 0 Å². The Hall–Kier alpha value is -0.780. The Morgan fingerprint density at radius 3 is 2.80 bits per heavy atom. The minimum Gasteiger partial charge on any atom is -0.488 e. The Labute approximate surface area is 96.7 Å². The summed E-state index contributed by atoms with van der Waals surface area (Å²) >= 11 is 7.06. The zero-order valence-corrected chi connectivity index (χ0v) is 9.98. The highest BCUT2D eigenvalue weighted by molar-refractivity contribution is 7.13. The van der Waals surface area contributed by atoms with E-state index in [2.05, 4.69) is 4.74 Å². The van der Waals surface area contributed by atoms with E-state index < -0.39 is 5.97 Å². The van der Waals surface area contributed by atoms with Crippen LogP contribution in [0.25, 0.3) is 0 Å². The fourth-order valence-electron chi connectivity index (χ4n) is 0.921. The van der Waals surface area contributed by atoms with Gasteiger partial charge in [-0.2, -0.15) is 0 Å². The van der Waals surface area contributed by atoms with Crippen molar-refractivity contribution < 1.29 is 19.0 Å². The van der Waals surface area contributed by atoms with Crippen molar-refractivity contribution in [2.45, 2.75) is 0 Å². The first-order valence-corrected chi connectivity index (χ1v) is 5.43. The fraction of sp³-hybridized carbons (Fsp3) is 0.444. The highest BCUT2D eigenvalue weighted by atomic mass is 35.5. The molecule has 0 aromatic carbocycles. The fourth-order valence-corrected chi connectivity index (χ4v) is 2.04. The maximum absolute atomic E-state index is 11.3. The van der Waals surface area contributed by atoms with E-state index in [9.17, 15) is 4.79 Å². The van der Waals surface area contributed by atoms with E-state index in [1.54, 1.807) is 12.5 Å². The lowest BCUT2D eigenvalue weighted by Crippen LogP contribution is -2.07. The van der Waals surface area contributed by atoms with Crippen LogP contribution in [0.2, 0.25) is 5.02 Å². The molecule has 1 aromatic heterocycles. The number of esters is 1. The summed E-state index contributed by atoms with van der Waals surface area (Å²) in [6.07, 6.45) is 0. The van der Waals surface area contributed by atoms with Gasteiger partial charge in [0.15, 0.2) is 10.6 Å². The molecule has 0 aliphatic rings. The summed E-state index contributed by atoms with van der Waals surface area (Å²) in [6.45, 7) is 0.781. The molecule has 6 heteroatoms. The molecule has 0 atom stereocenters. The summed E-state index contributed by atoms with van der Waals surface area (Å²) in [4.78, 5) is 11.7. The van der Waals surface area contributed by atoms with Crippen LogP contribution in [-0.4, -0.2) is 33.4 Å². The van der Waals surface area contributed by atoms with E-state index in [0.29, 0.717) is 28.9 Å². The van der Waals surface area contributed by atoms with Crippen molar-refractivity contribution in [1.82, 2.24) is 0 Å². The zero-order valence-electron chi connectivity index (χ0n) is 8.41. The van der Waals surface area contributed by atoms with Crippen molar-refractivity contribution in [1.29, 1.82) is 0 Å². The SMILES string of the molecule is COCCOc1c(Cl)csc1C(=O)OC. The number of ether oxygens (including phenoxy) is 3. The Balaban J connectivity index is 2.75. The van der Waals surface area contributed by atoms with Crippen molar-refractivity contribution in [2.24, 2.45) is 0 Å². The number of hydrogen-bond donors (Lipinski definition) is 0. The molecule has 0 amide bonds. The molecule has 1 rings (SSSR count). The number of hydrogen-bond acceptors (Lipinski definition) is 5. The number of methoxy groups -OCH3 is 2. The number of carbonyl (C=O) groups is 1. The minimum absolute atomic E-state index is 0.344. The lowest BCUT2D eigenvalue weighted by molar-refractivity contribution is 0.0600. The molecule has 15 heavy (non-hydrogen) atoms. The van der Waals surface area contributed by atoms with E-state index in [0.717, 1.165) is 0 Å². The Kier molecular flexibility index (Phi) is 4.87. The van der Waals surface area contributed by atoms with Crippen LogP contribution in [0.1, 0.15) is 9.67 Å². The largest absolute Gasteiger partial charge is 0.488 e. The number of halogens is 1. The second-order valence-corrected chi connectivity index (χ2v) is 3.86. The number of carbonyl (C=O) groups excluding carboxylic acids is 1. The standard InChI is InChI=1S/C9H11ClO4S/c1-12-3-4-14-7-6(10)5-15-8(7)9(11)13-2/h5H,3-4H2,1-2H3. The number of thiophene rings is 1. The van der Waals surface area contributed by atoms with Gasteiger partial charge in [-0.05, 0) is 0 Å². The van der Waals surface area contributed by atoms with Gasteiger partial charge in [-0.1, -0.05) is 11.6 Å². The van der Waals surface area contributed by atoms with Crippen molar-refractivity contribution in [3.8, 4) is 5.75 Å². The van der Waals surface area contributed by atoms with Gasteiger partial charge in [0.1, 0.15) is 6.61 Å². The monoisotopic (exact) mass is 250 g/mol. The summed E-state index contributed by atoms with van der Waals surface area (Å²) in [5.41, 5.74) is 0. The van der Waals surface area contributed by atoms with Crippen molar-refractivity contribution in [3.05, 3.63) is 15.3 Å². The van der Waals surface area contributed by atoms with Crippen molar-refractivity contribution in [2.75, 3.05) is 27.4 Å². The second-order valence-electron chi connectivity index (χ2n) is 2.57. The average molecular weight is 251 g/mol. The van der Waals surface area contributed by atoms with Crippen LogP contribution in [0, 0.1) is 0 Å². The van der Waals surface area contributed by atoms with Crippen LogP contribution in [-0.2, 0) is 9.47 Å². The molecular weight excluding hydrogens is 240 g/mol. The average Bonchev–Trinajstić information content (AvgIpc) is 2.60. The second kappa shape index (κ2) is 5.95. The molecule has 0 saturated heterocycles. The first-order chi connectivity index (χ1) is 7.20. The summed E-state index contributed by atoms with van der Waals surface area (Å²) < 4.78 is 14.7. The molecule has 0 saturated carbocycles.